The second kappa shape index (κ2) is 3.80. The highest BCUT2D eigenvalue weighted by Gasteiger charge is 2.01. The maximum Gasteiger partial charge on any atom is 0.125 e. The largest absolute Gasteiger partial charge is 0.396 e. The smallest absolute Gasteiger partial charge is 0.125 e. The Morgan fingerprint density at radius 3 is 2.93 bits per heavy atom. The van der Waals surface area contributed by atoms with Gasteiger partial charge < -0.3 is 9.67 Å². The first-order valence-electron chi connectivity index (χ1n) is 4.66. The summed E-state index contributed by atoms with van der Waals surface area (Å²) in [6, 6.07) is 6.69. The number of aromatic nitrogens is 1. The van der Waals surface area contributed by atoms with Gasteiger partial charge >= 0.3 is 0 Å². The van der Waals surface area contributed by atoms with Crippen LogP contribution in [0.4, 0.5) is 4.39 Å². The average Bonchev–Trinajstić information content (AvgIpc) is 2.57. The highest BCUT2D eigenvalue weighted by atomic mass is 19.1. The summed E-state index contributed by atoms with van der Waals surface area (Å²) < 4.78 is 14.9. The Hall–Kier alpha value is -1.35. The fraction of sp³-hybridized carbons (Fsp3) is 0.273. The highest BCUT2D eigenvalue weighted by Crippen LogP contribution is 2.17. The molecular weight excluding hydrogens is 181 g/mol. The zero-order chi connectivity index (χ0) is 9.97. The summed E-state index contributed by atoms with van der Waals surface area (Å²) in [7, 11) is 0. The summed E-state index contributed by atoms with van der Waals surface area (Å²) >= 11 is 0. The maximum absolute atomic E-state index is 13.0. The van der Waals surface area contributed by atoms with Crippen molar-refractivity contribution in [2.24, 2.45) is 0 Å². The number of halogens is 1. The Bertz CT molecular complexity index is 436. The van der Waals surface area contributed by atoms with Crippen LogP contribution in [0, 0.1) is 5.82 Å². The first-order chi connectivity index (χ1) is 6.81. The molecule has 14 heavy (non-hydrogen) atoms. The minimum Gasteiger partial charge on any atom is -0.396 e. The van der Waals surface area contributed by atoms with E-state index >= 15 is 0 Å². The van der Waals surface area contributed by atoms with E-state index in [2.05, 4.69) is 0 Å². The summed E-state index contributed by atoms with van der Waals surface area (Å²) in [6.45, 7) is 0.887. The molecule has 0 bridgehead atoms. The zero-order valence-electron chi connectivity index (χ0n) is 7.78. The Morgan fingerprint density at radius 2 is 2.14 bits per heavy atom. The van der Waals surface area contributed by atoms with Crippen LogP contribution < -0.4 is 0 Å². The van der Waals surface area contributed by atoms with E-state index in [1.165, 1.54) is 12.1 Å². The SMILES string of the molecule is OCCCn1ccc2ccc(F)cc21. The third kappa shape index (κ3) is 1.63. The van der Waals surface area contributed by atoms with Crippen molar-refractivity contribution >= 4 is 10.9 Å². The third-order valence-corrected chi connectivity index (χ3v) is 2.29. The van der Waals surface area contributed by atoms with Crippen molar-refractivity contribution in [2.75, 3.05) is 6.61 Å². The monoisotopic (exact) mass is 193 g/mol. The van der Waals surface area contributed by atoms with Crippen LogP contribution in [0.15, 0.2) is 30.5 Å². The van der Waals surface area contributed by atoms with Crippen LogP contribution in [0.2, 0.25) is 0 Å². The van der Waals surface area contributed by atoms with E-state index in [1.54, 1.807) is 6.07 Å². The van der Waals surface area contributed by atoms with Crippen molar-refractivity contribution in [3.05, 3.63) is 36.3 Å². The van der Waals surface area contributed by atoms with Crippen molar-refractivity contribution in [3.8, 4) is 0 Å². The molecule has 74 valence electrons. The molecule has 0 atom stereocenters. The number of benzene rings is 1. The van der Waals surface area contributed by atoms with Gasteiger partial charge in [0.2, 0.25) is 0 Å². The lowest BCUT2D eigenvalue weighted by Crippen LogP contribution is -1.98. The number of nitrogens with zero attached hydrogens (tertiary/aromatic N) is 1. The predicted molar refractivity (Wildman–Crippen MR) is 53.6 cm³/mol. The van der Waals surface area contributed by atoms with Crippen LogP contribution in [0.3, 0.4) is 0 Å². The molecule has 0 spiro atoms. The quantitative estimate of drug-likeness (QED) is 0.794. The normalized spacial score (nSPS) is 11.0. The first-order valence-corrected chi connectivity index (χ1v) is 4.66. The van der Waals surface area contributed by atoms with Gasteiger partial charge in [-0.25, -0.2) is 4.39 Å². The van der Waals surface area contributed by atoms with Crippen molar-refractivity contribution in [3.63, 3.8) is 0 Å². The summed E-state index contributed by atoms with van der Waals surface area (Å²) in [5, 5.41) is 9.74. The predicted octanol–water partition coefficient (Wildman–Crippen LogP) is 2.16. The molecule has 3 heteroatoms. The highest BCUT2D eigenvalue weighted by molar-refractivity contribution is 5.80. The second-order valence-electron chi connectivity index (χ2n) is 3.29. The fourth-order valence-electron chi connectivity index (χ4n) is 1.59. The molecule has 1 N–H and O–H groups in total. The van der Waals surface area contributed by atoms with Crippen LogP contribution in [0.5, 0.6) is 0 Å². The third-order valence-electron chi connectivity index (χ3n) is 2.29. The van der Waals surface area contributed by atoms with Crippen molar-refractivity contribution < 1.29 is 9.50 Å². The standard InChI is InChI=1S/C11H12FNO/c12-10-3-2-9-4-6-13(5-1-7-14)11(9)8-10/h2-4,6,8,14H,1,5,7H2. The summed E-state index contributed by atoms with van der Waals surface area (Å²) in [6.07, 6.45) is 2.61. The molecule has 0 fully saturated rings. The van der Waals surface area contributed by atoms with E-state index < -0.39 is 0 Å². The van der Waals surface area contributed by atoms with Crippen molar-refractivity contribution in [1.82, 2.24) is 4.57 Å². The van der Waals surface area contributed by atoms with Crippen LogP contribution in [0.25, 0.3) is 10.9 Å². The molecule has 0 unspecified atom stereocenters. The Morgan fingerprint density at radius 1 is 1.29 bits per heavy atom. The molecular formula is C11H12FNO. The second-order valence-corrected chi connectivity index (χ2v) is 3.29. The van der Waals surface area contributed by atoms with Gasteiger partial charge in [-0.05, 0) is 36.1 Å². The summed E-state index contributed by atoms with van der Waals surface area (Å²) in [5.41, 5.74) is 0.887. The van der Waals surface area contributed by atoms with Crippen molar-refractivity contribution in [2.45, 2.75) is 13.0 Å². The molecule has 0 aliphatic rings. The number of aliphatic hydroxyl groups is 1. The van der Waals surface area contributed by atoms with Gasteiger partial charge in [0, 0.05) is 19.3 Å². The van der Waals surface area contributed by atoms with E-state index in [4.69, 9.17) is 5.11 Å². The average molecular weight is 193 g/mol. The Labute approximate surface area is 81.6 Å². The van der Waals surface area contributed by atoms with Crippen molar-refractivity contribution in [1.29, 1.82) is 0 Å². The summed E-state index contributed by atoms with van der Waals surface area (Å²) in [5.74, 6) is -0.221. The number of aryl methyl sites for hydroxylation is 1. The fourth-order valence-corrected chi connectivity index (χ4v) is 1.59. The van der Waals surface area contributed by atoms with E-state index in [0.717, 1.165) is 17.4 Å². The molecule has 0 saturated carbocycles. The number of hydrogen-bond acceptors (Lipinski definition) is 1. The number of fused-ring (bicyclic) bond motifs is 1. The molecule has 2 rings (SSSR count). The van der Waals surface area contributed by atoms with Crippen LogP contribution in [-0.4, -0.2) is 16.3 Å². The van der Waals surface area contributed by atoms with Gasteiger partial charge in [0.1, 0.15) is 5.82 Å². The van der Waals surface area contributed by atoms with E-state index in [1.807, 2.05) is 16.8 Å². The molecule has 0 aliphatic heterocycles. The van der Waals surface area contributed by atoms with E-state index in [9.17, 15) is 4.39 Å². The number of aliphatic hydroxyl groups excluding tert-OH is 1. The lowest BCUT2D eigenvalue weighted by Gasteiger charge is -2.03. The van der Waals surface area contributed by atoms with Crippen LogP contribution in [0.1, 0.15) is 6.42 Å². The van der Waals surface area contributed by atoms with Gasteiger partial charge in [-0.2, -0.15) is 0 Å². The van der Waals surface area contributed by atoms with Gasteiger partial charge in [0.15, 0.2) is 0 Å². The molecule has 1 aromatic heterocycles. The van der Waals surface area contributed by atoms with Gasteiger partial charge in [0.25, 0.3) is 0 Å². The zero-order valence-corrected chi connectivity index (χ0v) is 7.78. The molecule has 0 aliphatic carbocycles. The Balaban J connectivity index is 2.40. The number of rotatable bonds is 3. The van der Waals surface area contributed by atoms with Crippen LogP contribution in [-0.2, 0) is 6.54 Å². The molecule has 2 nitrogen and oxygen atoms in total. The number of hydrogen-bond donors (Lipinski definition) is 1. The van der Waals surface area contributed by atoms with Gasteiger partial charge in [-0.1, -0.05) is 0 Å². The Kier molecular flexibility index (Phi) is 2.50. The van der Waals surface area contributed by atoms with Gasteiger partial charge in [0.05, 0.1) is 5.52 Å². The van der Waals surface area contributed by atoms with Gasteiger partial charge in [-0.15, -0.1) is 0 Å². The lowest BCUT2D eigenvalue weighted by atomic mass is 10.2. The molecule has 0 radical (unpaired) electrons. The van der Waals surface area contributed by atoms with Crippen LogP contribution >= 0.6 is 0 Å². The molecule has 1 aromatic carbocycles. The molecule has 2 aromatic rings. The van der Waals surface area contributed by atoms with E-state index in [-0.39, 0.29) is 12.4 Å². The molecule has 0 amide bonds. The minimum absolute atomic E-state index is 0.162. The maximum atomic E-state index is 13.0. The topological polar surface area (TPSA) is 25.2 Å². The molecule has 1 heterocycles. The molecule has 0 saturated heterocycles. The first kappa shape index (κ1) is 9.21. The van der Waals surface area contributed by atoms with Gasteiger partial charge in [-0.3, -0.25) is 0 Å². The van der Waals surface area contributed by atoms with E-state index in [0.29, 0.717) is 6.42 Å². The minimum atomic E-state index is -0.221. The lowest BCUT2D eigenvalue weighted by molar-refractivity contribution is 0.280. The summed E-state index contributed by atoms with van der Waals surface area (Å²) in [4.78, 5) is 0.